The summed E-state index contributed by atoms with van der Waals surface area (Å²) in [6.07, 6.45) is 2.42. The van der Waals surface area contributed by atoms with E-state index < -0.39 is 0 Å². The van der Waals surface area contributed by atoms with Crippen LogP contribution < -0.4 is 4.90 Å². The molecule has 0 bridgehead atoms. The highest BCUT2D eigenvalue weighted by Gasteiger charge is 2.37. The van der Waals surface area contributed by atoms with E-state index >= 15 is 0 Å². The number of anilines is 3. The molecular formula is C42H53N. The number of hydrogen-bond acceptors (Lipinski definition) is 1. The Labute approximate surface area is 262 Å². The molecule has 0 aliphatic heterocycles. The summed E-state index contributed by atoms with van der Waals surface area (Å²) < 4.78 is 0. The lowest BCUT2D eigenvalue weighted by atomic mass is 9.63. The highest BCUT2D eigenvalue weighted by atomic mass is 15.1. The molecule has 0 saturated carbocycles. The number of aryl methyl sites for hydroxylation is 2. The minimum Gasteiger partial charge on any atom is -0.310 e. The van der Waals surface area contributed by atoms with Crippen molar-refractivity contribution in [3.8, 4) is 11.1 Å². The average molecular weight is 572 g/mol. The Morgan fingerprint density at radius 1 is 0.535 bits per heavy atom. The minimum absolute atomic E-state index is 0.0464. The Hall–Kier alpha value is -3.32. The molecule has 0 radical (unpaired) electrons. The van der Waals surface area contributed by atoms with Crippen LogP contribution in [0.15, 0.2) is 78.9 Å². The summed E-state index contributed by atoms with van der Waals surface area (Å²) >= 11 is 0. The lowest BCUT2D eigenvalue weighted by Gasteiger charge is -2.42. The van der Waals surface area contributed by atoms with Gasteiger partial charge in [0.2, 0.25) is 0 Å². The van der Waals surface area contributed by atoms with Gasteiger partial charge in [-0.05, 0) is 124 Å². The maximum Gasteiger partial charge on any atom is 0.0540 e. The van der Waals surface area contributed by atoms with E-state index in [0.29, 0.717) is 0 Å². The lowest BCUT2D eigenvalue weighted by Crippen LogP contribution is -2.34. The Morgan fingerprint density at radius 2 is 1.07 bits per heavy atom. The second kappa shape index (κ2) is 10.7. The Kier molecular flexibility index (Phi) is 7.73. The van der Waals surface area contributed by atoms with Gasteiger partial charge >= 0.3 is 0 Å². The highest BCUT2D eigenvalue weighted by molar-refractivity contribution is 5.89. The smallest absolute Gasteiger partial charge is 0.0540 e. The van der Waals surface area contributed by atoms with Gasteiger partial charge in [0, 0.05) is 16.9 Å². The Morgan fingerprint density at radius 3 is 1.63 bits per heavy atom. The van der Waals surface area contributed by atoms with Crippen LogP contribution in [0.2, 0.25) is 0 Å². The maximum atomic E-state index is 2.51. The molecule has 4 aromatic rings. The van der Waals surface area contributed by atoms with Crippen molar-refractivity contribution >= 4 is 17.1 Å². The van der Waals surface area contributed by atoms with Crippen LogP contribution in [-0.2, 0) is 21.7 Å². The van der Waals surface area contributed by atoms with Gasteiger partial charge in [-0.25, -0.2) is 0 Å². The third kappa shape index (κ3) is 6.19. The molecule has 226 valence electrons. The summed E-state index contributed by atoms with van der Waals surface area (Å²) in [4.78, 5) is 2.51. The molecule has 1 heteroatoms. The first-order valence-corrected chi connectivity index (χ1v) is 16.2. The molecule has 1 aliphatic rings. The first kappa shape index (κ1) is 31.1. The van der Waals surface area contributed by atoms with E-state index in [2.05, 4.69) is 167 Å². The fraction of sp³-hybridized carbons (Fsp3) is 0.429. The number of benzene rings is 4. The summed E-state index contributed by atoms with van der Waals surface area (Å²) in [6, 6.07) is 30.6. The lowest BCUT2D eigenvalue weighted by molar-refractivity contribution is 0.332. The van der Waals surface area contributed by atoms with Crippen molar-refractivity contribution in [2.75, 3.05) is 4.90 Å². The van der Waals surface area contributed by atoms with E-state index in [0.717, 1.165) is 0 Å². The molecule has 0 N–H and O–H groups in total. The van der Waals surface area contributed by atoms with Crippen LogP contribution >= 0.6 is 0 Å². The zero-order valence-electron chi connectivity index (χ0n) is 28.9. The summed E-state index contributed by atoms with van der Waals surface area (Å²) in [5.41, 5.74) is 14.9. The van der Waals surface area contributed by atoms with E-state index in [-0.39, 0.29) is 21.7 Å². The van der Waals surface area contributed by atoms with Crippen LogP contribution in [-0.4, -0.2) is 0 Å². The molecule has 0 heterocycles. The molecule has 0 saturated heterocycles. The maximum absolute atomic E-state index is 2.51. The second-order valence-corrected chi connectivity index (χ2v) is 16.5. The first-order chi connectivity index (χ1) is 19.9. The van der Waals surface area contributed by atoms with Crippen molar-refractivity contribution in [1.29, 1.82) is 0 Å². The molecule has 0 unspecified atom stereocenters. The predicted molar refractivity (Wildman–Crippen MR) is 189 cm³/mol. The number of fused-ring (bicyclic) bond motifs is 1. The fourth-order valence-corrected chi connectivity index (χ4v) is 6.80. The van der Waals surface area contributed by atoms with Gasteiger partial charge in [-0.3, -0.25) is 0 Å². The van der Waals surface area contributed by atoms with Crippen molar-refractivity contribution in [2.45, 2.75) is 118 Å². The molecular weight excluding hydrogens is 518 g/mol. The predicted octanol–water partition coefficient (Wildman–Crippen LogP) is 12.4. The summed E-state index contributed by atoms with van der Waals surface area (Å²) in [5.74, 6) is 0. The molecule has 0 aromatic heterocycles. The van der Waals surface area contributed by atoms with Gasteiger partial charge in [-0.2, -0.15) is 0 Å². The summed E-state index contributed by atoms with van der Waals surface area (Å²) in [7, 11) is 0. The third-order valence-electron chi connectivity index (χ3n) is 9.72. The third-order valence-corrected chi connectivity index (χ3v) is 9.72. The van der Waals surface area contributed by atoms with Gasteiger partial charge in [0.25, 0.3) is 0 Å². The van der Waals surface area contributed by atoms with Crippen molar-refractivity contribution in [2.24, 2.45) is 0 Å². The molecule has 5 rings (SSSR count). The average Bonchev–Trinajstić information content (AvgIpc) is 2.90. The van der Waals surface area contributed by atoms with Crippen molar-refractivity contribution in [3.63, 3.8) is 0 Å². The molecule has 43 heavy (non-hydrogen) atoms. The Bertz CT molecular complexity index is 1610. The van der Waals surface area contributed by atoms with Gasteiger partial charge < -0.3 is 4.90 Å². The van der Waals surface area contributed by atoms with Gasteiger partial charge in [0.15, 0.2) is 0 Å². The van der Waals surface area contributed by atoms with Crippen LogP contribution in [0.5, 0.6) is 0 Å². The zero-order chi connectivity index (χ0) is 31.5. The molecule has 0 spiro atoms. The Balaban J connectivity index is 1.80. The summed E-state index contributed by atoms with van der Waals surface area (Å²) in [6.45, 7) is 27.9. The number of rotatable bonds is 4. The highest BCUT2D eigenvalue weighted by Crippen LogP contribution is 2.49. The standard InChI is InChI=1S/C42H53N/c1-28-23-29(2)25-34(24-28)43(33-18-19-36-37(27-33)42(11,12)22-21-41(36,9)10)38-20-17-32(40(6,7)8)26-35(38)30-13-15-31(16-14-30)39(3,4)5/h13-20,23-27H,21-22H2,1-12H3. The quantitative estimate of drug-likeness (QED) is 0.235. The SMILES string of the molecule is Cc1cc(C)cc(N(c2ccc3c(c2)C(C)(C)CCC3(C)C)c2ccc(C(C)(C)C)cc2-c2ccc(C(C)(C)C)cc2)c1. The van der Waals surface area contributed by atoms with Gasteiger partial charge in [-0.15, -0.1) is 0 Å². The van der Waals surface area contributed by atoms with Gasteiger partial charge in [-0.1, -0.05) is 112 Å². The molecule has 1 aliphatic carbocycles. The molecule has 4 aromatic carbocycles. The van der Waals surface area contributed by atoms with Crippen molar-refractivity contribution in [3.05, 3.63) is 112 Å². The van der Waals surface area contributed by atoms with Crippen molar-refractivity contribution < 1.29 is 0 Å². The monoisotopic (exact) mass is 571 g/mol. The van der Waals surface area contributed by atoms with Gasteiger partial charge in [0.1, 0.15) is 0 Å². The van der Waals surface area contributed by atoms with Crippen LogP contribution in [0.4, 0.5) is 17.1 Å². The first-order valence-electron chi connectivity index (χ1n) is 16.2. The van der Waals surface area contributed by atoms with Crippen LogP contribution in [0, 0.1) is 13.8 Å². The number of hydrogen-bond donors (Lipinski definition) is 0. The van der Waals surface area contributed by atoms with E-state index in [1.165, 1.54) is 74.4 Å². The summed E-state index contributed by atoms with van der Waals surface area (Å²) in [5, 5.41) is 0. The van der Waals surface area contributed by atoms with E-state index in [1.807, 2.05) is 0 Å². The molecule has 1 nitrogen and oxygen atoms in total. The van der Waals surface area contributed by atoms with E-state index in [4.69, 9.17) is 0 Å². The molecule has 0 fully saturated rings. The van der Waals surface area contributed by atoms with E-state index in [9.17, 15) is 0 Å². The van der Waals surface area contributed by atoms with Crippen LogP contribution in [0.1, 0.15) is 115 Å². The largest absolute Gasteiger partial charge is 0.310 e. The van der Waals surface area contributed by atoms with Gasteiger partial charge in [0.05, 0.1) is 5.69 Å². The fourth-order valence-electron chi connectivity index (χ4n) is 6.80. The zero-order valence-corrected chi connectivity index (χ0v) is 28.9. The normalized spacial score (nSPS) is 16.1. The van der Waals surface area contributed by atoms with Crippen LogP contribution in [0.3, 0.4) is 0 Å². The topological polar surface area (TPSA) is 3.24 Å². The molecule has 0 atom stereocenters. The molecule has 0 amide bonds. The van der Waals surface area contributed by atoms with Crippen molar-refractivity contribution in [1.82, 2.24) is 0 Å². The number of nitrogens with zero attached hydrogens (tertiary/aromatic N) is 1. The van der Waals surface area contributed by atoms with Crippen LogP contribution in [0.25, 0.3) is 11.1 Å². The second-order valence-electron chi connectivity index (χ2n) is 16.5. The van der Waals surface area contributed by atoms with E-state index in [1.54, 1.807) is 0 Å². The minimum atomic E-state index is 0.0464.